The van der Waals surface area contributed by atoms with Crippen molar-refractivity contribution in [2.75, 3.05) is 12.4 Å². The zero-order valence-corrected chi connectivity index (χ0v) is 12.3. The third-order valence-corrected chi connectivity index (χ3v) is 3.69. The van der Waals surface area contributed by atoms with E-state index in [1.807, 2.05) is 13.1 Å². The average Bonchev–Trinajstić information content (AvgIpc) is 2.92. The van der Waals surface area contributed by atoms with Gasteiger partial charge in [0.15, 0.2) is 0 Å². The van der Waals surface area contributed by atoms with E-state index in [1.165, 1.54) is 22.8 Å². The van der Waals surface area contributed by atoms with Crippen LogP contribution in [0.5, 0.6) is 0 Å². The van der Waals surface area contributed by atoms with Gasteiger partial charge >= 0.3 is 0 Å². The molecular weight excluding hydrogens is 261 g/mol. The maximum atomic E-state index is 13.2. The van der Waals surface area contributed by atoms with Gasteiger partial charge in [0, 0.05) is 12.7 Å². The molecule has 0 saturated heterocycles. The van der Waals surface area contributed by atoms with Gasteiger partial charge in [-0.1, -0.05) is 18.2 Å². The summed E-state index contributed by atoms with van der Waals surface area (Å²) in [5.74, 6) is -0.157. The number of halogens is 1. The first kappa shape index (κ1) is 14.9. The first-order valence-corrected chi connectivity index (χ1v) is 6.80. The smallest absolute Gasteiger partial charge is 0.123 e. The zero-order valence-electron chi connectivity index (χ0n) is 12.3. The van der Waals surface area contributed by atoms with Crippen molar-refractivity contribution in [1.82, 2.24) is 0 Å². The molecular formula is C19H18FN. The maximum absolute atomic E-state index is 13.2. The van der Waals surface area contributed by atoms with Crippen LogP contribution in [0.15, 0.2) is 42.5 Å². The topological polar surface area (TPSA) is 12.0 Å². The minimum Gasteiger partial charge on any atom is -0.388 e. The van der Waals surface area contributed by atoms with Crippen LogP contribution >= 0.6 is 0 Å². The number of rotatable bonds is 2. The highest BCUT2D eigenvalue weighted by molar-refractivity contribution is 5.85. The summed E-state index contributed by atoms with van der Waals surface area (Å²) in [4.78, 5) is 0. The fourth-order valence-corrected chi connectivity index (χ4v) is 2.70. The monoisotopic (exact) mass is 279 g/mol. The molecule has 0 saturated carbocycles. The molecule has 0 aromatic heterocycles. The SMILES string of the molecule is C#C.CNc1ccc(C2=CCc3cc(F)ccc32)cc1C. The number of hydrogen-bond acceptors (Lipinski definition) is 1. The molecule has 0 unspecified atom stereocenters. The van der Waals surface area contributed by atoms with E-state index in [1.54, 1.807) is 6.07 Å². The Bertz CT molecular complexity index is 711. The number of hydrogen-bond donors (Lipinski definition) is 1. The number of allylic oxidation sites excluding steroid dienone is 1. The molecule has 0 radical (unpaired) electrons. The van der Waals surface area contributed by atoms with Crippen molar-refractivity contribution >= 4 is 11.3 Å². The van der Waals surface area contributed by atoms with Crippen LogP contribution in [0, 0.1) is 25.6 Å². The number of terminal acetylenes is 1. The minimum absolute atomic E-state index is 0.157. The van der Waals surface area contributed by atoms with Crippen LogP contribution in [-0.2, 0) is 6.42 Å². The number of anilines is 1. The lowest BCUT2D eigenvalue weighted by atomic mass is 9.97. The van der Waals surface area contributed by atoms with Crippen molar-refractivity contribution in [1.29, 1.82) is 0 Å². The molecule has 0 amide bonds. The molecule has 0 heterocycles. The van der Waals surface area contributed by atoms with Gasteiger partial charge in [-0.25, -0.2) is 4.39 Å². The fourth-order valence-electron chi connectivity index (χ4n) is 2.70. The van der Waals surface area contributed by atoms with Crippen LogP contribution in [0.3, 0.4) is 0 Å². The van der Waals surface area contributed by atoms with Crippen molar-refractivity contribution in [3.63, 3.8) is 0 Å². The van der Waals surface area contributed by atoms with Crippen LogP contribution in [-0.4, -0.2) is 7.05 Å². The molecule has 1 aliphatic carbocycles. The third kappa shape index (κ3) is 2.83. The summed E-state index contributed by atoms with van der Waals surface area (Å²) >= 11 is 0. The molecule has 3 rings (SSSR count). The maximum Gasteiger partial charge on any atom is 0.123 e. The van der Waals surface area contributed by atoms with Gasteiger partial charge in [0.2, 0.25) is 0 Å². The Kier molecular flexibility index (Phi) is 4.45. The lowest BCUT2D eigenvalue weighted by Crippen LogP contribution is -1.94. The van der Waals surface area contributed by atoms with Crippen LogP contribution in [0.25, 0.3) is 5.57 Å². The van der Waals surface area contributed by atoms with Gasteiger partial charge in [-0.3, -0.25) is 0 Å². The second-order valence-corrected chi connectivity index (χ2v) is 4.90. The molecule has 0 fully saturated rings. The van der Waals surface area contributed by atoms with Crippen LogP contribution in [0.1, 0.15) is 22.3 Å². The summed E-state index contributed by atoms with van der Waals surface area (Å²) in [7, 11) is 1.93. The van der Waals surface area contributed by atoms with Crippen molar-refractivity contribution in [3.8, 4) is 12.8 Å². The number of fused-ring (bicyclic) bond motifs is 1. The van der Waals surface area contributed by atoms with Crippen molar-refractivity contribution in [2.45, 2.75) is 13.3 Å². The molecule has 2 aromatic rings. The summed E-state index contributed by atoms with van der Waals surface area (Å²) in [6.45, 7) is 2.09. The zero-order chi connectivity index (χ0) is 15.4. The fraction of sp³-hybridized carbons (Fsp3) is 0.158. The first-order chi connectivity index (χ1) is 10.2. The van der Waals surface area contributed by atoms with Gasteiger partial charge in [0.25, 0.3) is 0 Å². The van der Waals surface area contributed by atoms with Gasteiger partial charge in [0.05, 0.1) is 0 Å². The molecule has 0 bridgehead atoms. The molecule has 2 aromatic carbocycles. The highest BCUT2D eigenvalue weighted by Crippen LogP contribution is 2.34. The minimum atomic E-state index is -0.157. The van der Waals surface area contributed by atoms with Crippen LogP contribution in [0.2, 0.25) is 0 Å². The van der Waals surface area contributed by atoms with Gasteiger partial charge in [-0.15, -0.1) is 12.8 Å². The first-order valence-electron chi connectivity index (χ1n) is 6.80. The molecule has 21 heavy (non-hydrogen) atoms. The molecule has 0 spiro atoms. The predicted molar refractivity (Wildman–Crippen MR) is 87.8 cm³/mol. The van der Waals surface area contributed by atoms with E-state index in [2.05, 4.69) is 49.4 Å². The average molecular weight is 279 g/mol. The Morgan fingerprint density at radius 3 is 2.52 bits per heavy atom. The third-order valence-electron chi connectivity index (χ3n) is 3.69. The van der Waals surface area contributed by atoms with E-state index < -0.39 is 0 Å². The van der Waals surface area contributed by atoms with Gasteiger partial charge in [-0.05, 0) is 65.4 Å². The number of aryl methyl sites for hydroxylation is 1. The summed E-state index contributed by atoms with van der Waals surface area (Å²) < 4.78 is 13.2. The van der Waals surface area contributed by atoms with Crippen molar-refractivity contribution < 1.29 is 4.39 Å². The summed E-state index contributed by atoms with van der Waals surface area (Å²) in [6, 6.07) is 11.4. The Balaban J connectivity index is 0.000000774. The molecule has 1 aliphatic rings. The molecule has 1 N–H and O–H groups in total. The van der Waals surface area contributed by atoms with Crippen molar-refractivity contribution in [3.05, 3.63) is 70.5 Å². The van der Waals surface area contributed by atoms with E-state index in [4.69, 9.17) is 0 Å². The second kappa shape index (κ2) is 6.28. The van der Waals surface area contributed by atoms with E-state index >= 15 is 0 Å². The second-order valence-electron chi connectivity index (χ2n) is 4.90. The standard InChI is InChI=1S/C17H16FN.C2H2/c1-11-9-12(4-8-17(11)19-2)15-6-3-13-10-14(18)5-7-16(13)15;1-2/h4-10,19H,3H2,1-2H3;1-2H. The van der Waals surface area contributed by atoms with E-state index in [0.717, 1.165) is 23.2 Å². The largest absolute Gasteiger partial charge is 0.388 e. The predicted octanol–water partition coefficient (Wildman–Crippen LogP) is 4.41. The molecule has 106 valence electrons. The molecule has 0 aliphatic heterocycles. The van der Waals surface area contributed by atoms with E-state index in [0.29, 0.717) is 0 Å². The highest BCUT2D eigenvalue weighted by Gasteiger charge is 2.16. The Labute approximate surface area is 125 Å². The van der Waals surface area contributed by atoms with Gasteiger partial charge in [-0.2, -0.15) is 0 Å². The Morgan fingerprint density at radius 1 is 1.10 bits per heavy atom. The van der Waals surface area contributed by atoms with Gasteiger partial charge < -0.3 is 5.32 Å². The van der Waals surface area contributed by atoms with Gasteiger partial charge in [0.1, 0.15) is 5.82 Å². The lowest BCUT2D eigenvalue weighted by molar-refractivity contribution is 0.626. The van der Waals surface area contributed by atoms with Crippen LogP contribution < -0.4 is 5.32 Å². The number of benzene rings is 2. The summed E-state index contributed by atoms with van der Waals surface area (Å²) in [5, 5.41) is 3.17. The number of nitrogens with one attached hydrogen (secondary N) is 1. The highest BCUT2D eigenvalue weighted by atomic mass is 19.1. The molecule has 0 atom stereocenters. The summed E-state index contributed by atoms with van der Waals surface area (Å²) in [6.07, 6.45) is 11.0. The molecule has 1 nitrogen and oxygen atoms in total. The van der Waals surface area contributed by atoms with E-state index in [-0.39, 0.29) is 5.82 Å². The van der Waals surface area contributed by atoms with Crippen LogP contribution in [0.4, 0.5) is 10.1 Å². The lowest BCUT2D eigenvalue weighted by Gasteiger charge is -2.10. The molecule has 2 heteroatoms. The van der Waals surface area contributed by atoms with Crippen molar-refractivity contribution in [2.24, 2.45) is 0 Å². The quantitative estimate of drug-likeness (QED) is 0.803. The van der Waals surface area contributed by atoms with E-state index in [9.17, 15) is 4.39 Å². The Morgan fingerprint density at radius 2 is 1.86 bits per heavy atom. The Hall–Kier alpha value is -2.53. The normalized spacial score (nSPS) is 12.0. The summed E-state index contributed by atoms with van der Waals surface area (Å²) in [5.41, 5.74) is 6.99.